The number of benzene rings is 2. The number of nitrogens with one attached hydrogen (secondary N) is 3. The molecule has 36 heavy (non-hydrogen) atoms. The summed E-state index contributed by atoms with van der Waals surface area (Å²) in [6.07, 6.45) is 3.29. The van der Waals surface area contributed by atoms with Gasteiger partial charge >= 0.3 is 5.97 Å². The molecule has 2 fully saturated rings. The summed E-state index contributed by atoms with van der Waals surface area (Å²) in [6, 6.07) is 14.9. The number of thiophene rings is 1. The maximum Gasteiger partial charge on any atom is 0.311 e. The molecule has 1 aliphatic carbocycles. The Morgan fingerprint density at radius 2 is 1.89 bits per heavy atom. The van der Waals surface area contributed by atoms with Crippen molar-refractivity contribution >= 4 is 63.8 Å². The molecule has 2 aromatic carbocycles. The predicted molar refractivity (Wildman–Crippen MR) is 149 cm³/mol. The topological polar surface area (TPSA) is 132 Å². The monoisotopic (exact) mass is 548 g/mol. The van der Waals surface area contributed by atoms with E-state index in [0.29, 0.717) is 35.9 Å². The molecule has 0 amide bonds. The van der Waals surface area contributed by atoms with Crippen molar-refractivity contribution in [1.29, 1.82) is 10.8 Å². The van der Waals surface area contributed by atoms with Crippen LogP contribution in [0.3, 0.4) is 0 Å². The van der Waals surface area contributed by atoms with Gasteiger partial charge in [0.05, 0.1) is 11.6 Å². The third-order valence-corrected chi connectivity index (χ3v) is 7.91. The van der Waals surface area contributed by atoms with Crippen LogP contribution in [0.15, 0.2) is 48.5 Å². The van der Waals surface area contributed by atoms with Crippen LogP contribution in [0.5, 0.6) is 5.75 Å². The maximum atomic E-state index is 12.1. The van der Waals surface area contributed by atoms with Crippen molar-refractivity contribution in [2.75, 3.05) is 13.1 Å². The van der Waals surface area contributed by atoms with Gasteiger partial charge in [-0.15, -0.1) is 36.2 Å². The normalized spacial score (nSPS) is 19.7. The van der Waals surface area contributed by atoms with Gasteiger partial charge in [-0.2, -0.15) is 0 Å². The lowest BCUT2D eigenvalue weighted by Crippen LogP contribution is -2.47. The van der Waals surface area contributed by atoms with Gasteiger partial charge in [-0.25, -0.2) is 0 Å². The molecule has 2 heterocycles. The number of nitrogen functional groups attached to an aromatic ring is 1. The highest BCUT2D eigenvalue weighted by Gasteiger charge is 2.46. The first kappa shape index (κ1) is 27.9. The highest BCUT2D eigenvalue weighted by atomic mass is 35.5. The highest BCUT2D eigenvalue weighted by Crippen LogP contribution is 2.38. The zero-order valence-corrected chi connectivity index (χ0v) is 22.0. The molecule has 2 aliphatic rings. The van der Waals surface area contributed by atoms with Crippen LogP contribution < -0.4 is 15.8 Å². The lowest BCUT2D eigenvalue weighted by Gasteiger charge is -2.30. The number of carbonyl (C=O) groups is 1. The van der Waals surface area contributed by atoms with Crippen LogP contribution in [-0.2, 0) is 11.2 Å². The lowest BCUT2D eigenvalue weighted by atomic mass is 9.92. The summed E-state index contributed by atoms with van der Waals surface area (Å²) < 4.78 is 7.39. The molecule has 10 heteroatoms. The molecule has 5 rings (SSSR count). The third kappa shape index (κ3) is 5.67. The van der Waals surface area contributed by atoms with Crippen LogP contribution in [0.1, 0.15) is 41.2 Å². The average Bonchev–Trinajstić information content (AvgIpc) is 3.42. The minimum atomic E-state index is -0.873. The molecule has 2 atom stereocenters. The molecule has 6 N–H and O–H groups in total. The molecule has 192 valence electrons. The Morgan fingerprint density at radius 1 is 1.17 bits per heavy atom. The average molecular weight is 550 g/mol. The summed E-state index contributed by atoms with van der Waals surface area (Å²) in [5.41, 5.74) is 7.07. The van der Waals surface area contributed by atoms with E-state index in [2.05, 4.69) is 5.32 Å². The smallest absolute Gasteiger partial charge is 0.311 e. The number of amidine groups is 1. The molecule has 3 aromatic rings. The molecule has 0 bridgehead atoms. The molecular weight excluding hydrogens is 519 g/mol. The lowest BCUT2D eigenvalue weighted by molar-refractivity contribution is -0.138. The first-order chi connectivity index (χ1) is 16.3. The van der Waals surface area contributed by atoms with Crippen LogP contribution in [0.2, 0.25) is 0 Å². The largest absolute Gasteiger partial charge is 0.481 e. The molecule has 1 aliphatic heterocycles. The van der Waals surface area contributed by atoms with E-state index in [1.165, 1.54) is 0 Å². The van der Waals surface area contributed by atoms with E-state index in [1.54, 1.807) is 11.3 Å². The number of halogens is 2. The molecule has 1 aromatic heterocycles. The van der Waals surface area contributed by atoms with E-state index in [-0.39, 0.29) is 30.6 Å². The maximum absolute atomic E-state index is 12.1. The van der Waals surface area contributed by atoms with E-state index >= 15 is 0 Å². The van der Waals surface area contributed by atoms with Gasteiger partial charge in [0.15, 0.2) is 5.60 Å². The number of carboxylic acid groups (broad SMARTS) is 1. The van der Waals surface area contributed by atoms with Crippen molar-refractivity contribution in [3.05, 3.63) is 64.5 Å². The number of rotatable bonds is 9. The Labute approximate surface area is 226 Å². The van der Waals surface area contributed by atoms with E-state index in [4.69, 9.17) is 21.3 Å². The Kier molecular flexibility index (Phi) is 8.67. The summed E-state index contributed by atoms with van der Waals surface area (Å²) in [5, 5.41) is 30.5. The highest BCUT2D eigenvalue weighted by molar-refractivity contribution is 7.19. The number of nitrogens with two attached hydrogens (primary N) is 1. The molecular formula is C26H30Cl2N4O3S. The van der Waals surface area contributed by atoms with Crippen molar-refractivity contribution < 1.29 is 14.6 Å². The van der Waals surface area contributed by atoms with Crippen molar-refractivity contribution in [3.63, 3.8) is 0 Å². The Hall–Kier alpha value is -2.65. The summed E-state index contributed by atoms with van der Waals surface area (Å²) in [7, 11) is 0. The van der Waals surface area contributed by atoms with Crippen LogP contribution in [0, 0.1) is 16.7 Å². The van der Waals surface area contributed by atoms with Gasteiger partial charge in [-0.3, -0.25) is 10.2 Å². The van der Waals surface area contributed by atoms with Gasteiger partial charge in [-0.05, 0) is 73.2 Å². The minimum Gasteiger partial charge on any atom is -0.481 e. The second-order valence-corrected chi connectivity index (χ2v) is 10.4. The molecule has 7 nitrogen and oxygen atoms in total. The SMILES string of the molecule is Cl.Cl.N=C(N)c1ccc2sc(CC(C(=O)O)c3ccc(O[C@@]4(C(=N)C5CC5)CCNC4)cc3)cc2c1. The van der Waals surface area contributed by atoms with Crippen LogP contribution in [0.25, 0.3) is 10.1 Å². The van der Waals surface area contributed by atoms with Crippen LogP contribution >= 0.6 is 36.2 Å². The number of hydrogen-bond acceptors (Lipinski definition) is 6. The van der Waals surface area contributed by atoms with Gasteiger partial charge in [0.1, 0.15) is 11.6 Å². The summed E-state index contributed by atoms with van der Waals surface area (Å²) >= 11 is 1.56. The third-order valence-electron chi connectivity index (χ3n) is 6.77. The Morgan fingerprint density at radius 3 is 2.47 bits per heavy atom. The standard InChI is InChI=1S/C26H28N4O3S.2ClH/c27-23(16-1-2-16)26(9-10-30-14-26)33-19-6-3-15(4-7-19)21(25(31)32)13-20-12-18-11-17(24(28)29)5-8-22(18)34-20;;/h3-8,11-12,16,21,27,30H,1-2,9-10,13-14H2,(H3,28,29)(H,31,32);2*1H/t21?,26-;;/m0../s1. The van der Waals surface area contributed by atoms with Crippen molar-refractivity contribution in [1.82, 2.24) is 5.32 Å². The molecule has 1 unspecified atom stereocenters. The zero-order chi connectivity index (χ0) is 23.9. The Bertz CT molecular complexity index is 1270. The second-order valence-electron chi connectivity index (χ2n) is 9.25. The summed E-state index contributed by atoms with van der Waals surface area (Å²) in [5.74, 6) is -0.532. The van der Waals surface area contributed by atoms with E-state index in [9.17, 15) is 9.90 Å². The van der Waals surface area contributed by atoms with Gasteiger partial charge < -0.3 is 26.3 Å². The van der Waals surface area contributed by atoms with Crippen LogP contribution in [0.4, 0.5) is 0 Å². The number of aliphatic carboxylic acids is 1. The summed E-state index contributed by atoms with van der Waals surface area (Å²) in [6.45, 7) is 1.47. The van der Waals surface area contributed by atoms with Crippen molar-refractivity contribution in [2.24, 2.45) is 11.7 Å². The zero-order valence-electron chi connectivity index (χ0n) is 19.6. The number of fused-ring (bicyclic) bond motifs is 1. The Balaban J connectivity index is 0.00000180. The minimum absolute atomic E-state index is 0. The molecule has 0 spiro atoms. The molecule has 0 radical (unpaired) electrons. The number of ether oxygens (including phenoxy) is 1. The van der Waals surface area contributed by atoms with Gasteiger partial charge in [-0.1, -0.05) is 12.1 Å². The van der Waals surface area contributed by atoms with Crippen molar-refractivity contribution in [2.45, 2.75) is 37.2 Å². The predicted octanol–water partition coefficient (Wildman–Crippen LogP) is 4.98. The van der Waals surface area contributed by atoms with E-state index in [1.807, 2.05) is 48.5 Å². The van der Waals surface area contributed by atoms with Crippen LogP contribution in [-0.4, -0.2) is 41.3 Å². The van der Waals surface area contributed by atoms with Gasteiger partial charge in [0.2, 0.25) is 0 Å². The molecule has 1 saturated heterocycles. The quantitative estimate of drug-likeness (QED) is 0.190. The molecule has 1 saturated carbocycles. The fraction of sp³-hybridized carbons (Fsp3) is 0.346. The van der Waals surface area contributed by atoms with Gasteiger partial charge in [0.25, 0.3) is 0 Å². The fourth-order valence-corrected chi connectivity index (χ4v) is 5.78. The second kappa shape index (κ2) is 11.2. The number of carboxylic acids is 1. The van der Waals surface area contributed by atoms with Crippen molar-refractivity contribution in [3.8, 4) is 5.75 Å². The number of hydrogen-bond donors (Lipinski definition) is 5. The first-order valence-electron chi connectivity index (χ1n) is 11.5. The fourth-order valence-electron chi connectivity index (χ4n) is 4.69. The van der Waals surface area contributed by atoms with E-state index < -0.39 is 17.5 Å². The first-order valence-corrected chi connectivity index (χ1v) is 12.3. The van der Waals surface area contributed by atoms with E-state index in [0.717, 1.165) is 46.3 Å². The van der Waals surface area contributed by atoms with Gasteiger partial charge in [0, 0.05) is 34.0 Å². The summed E-state index contributed by atoms with van der Waals surface area (Å²) in [4.78, 5) is 13.1.